The highest BCUT2D eigenvalue weighted by Gasteiger charge is 2.19. The van der Waals surface area contributed by atoms with Crippen LogP contribution in [0, 0.1) is 22.7 Å². The van der Waals surface area contributed by atoms with Crippen molar-refractivity contribution in [3.05, 3.63) is 168 Å². The molecule has 230 valence electrons. The molecule has 0 atom stereocenters. The lowest BCUT2D eigenvalue weighted by atomic mass is 9.93. The third-order valence-corrected chi connectivity index (χ3v) is 9.29. The molecule has 0 spiro atoms. The van der Waals surface area contributed by atoms with Crippen molar-refractivity contribution in [1.29, 1.82) is 10.5 Å². The van der Waals surface area contributed by atoms with Crippen LogP contribution in [0.1, 0.15) is 29.3 Å². The highest BCUT2D eigenvalue weighted by Crippen LogP contribution is 2.39. The maximum atomic E-state index is 10.6. The van der Waals surface area contributed by atoms with Gasteiger partial charge in [0.25, 0.3) is 0 Å². The number of fused-ring (bicyclic) bond motifs is 4. The predicted molar refractivity (Wildman–Crippen MR) is 203 cm³/mol. The Hall–Kier alpha value is -6.88. The van der Waals surface area contributed by atoms with E-state index in [1.54, 1.807) is 0 Å². The van der Waals surface area contributed by atoms with Crippen molar-refractivity contribution in [3.8, 4) is 45.8 Å². The molecule has 0 radical (unpaired) electrons. The number of rotatable bonds is 6. The molecular formula is C45H30N4. The van der Waals surface area contributed by atoms with Gasteiger partial charge in [0.2, 0.25) is 0 Å². The van der Waals surface area contributed by atoms with Crippen molar-refractivity contribution in [2.75, 3.05) is 0 Å². The standard InChI is InChI=1S/C45H30N4/c1-3-12-36-37-15-5-8-18-42(37)48(41(36)4-2)34-14-11-13-31(27-34)32-22-24-35(33(26-32)29-47)40-23-21-30(28-46)25-45(40)49-43-19-9-6-16-38(43)39-17-7-10-20-44(39)49/h3-27H,2H2,1H3/b12-3-. The van der Waals surface area contributed by atoms with E-state index < -0.39 is 0 Å². The molecule has 8 rings (SSSR count). The first-order valence-corrected chi connectivity index (χ1v) is 16.2. The van der Waals surface area contributed by atoms with Crippen LogP contribution in [0.5, 0.6) is 0 Å². The van der Waals surface area contributed by atoms with Gasteiger partial charge in [0.05, 0.1) is 51.2 Å². The van der Waals surface area contributed by atoms with Gasteiger partial charge in [-0.3, -0.25) is 0 Å². The monoisotopic (exact) mass is 626 g/mol. The van der Waals surface area contributed by atoms with E-state index >= 15 is 0 Å². The summed E-state index contributed by atoms with van der Waals surface area (Å²) in [5.41, 5.74) is 12.0. The molecule has 0 unspecified atom stereocenters. The van der Waals surface area contributed by atoms with Gasteiger partial charge in [-0.05, 0) is 72.7 Å². The number of allylic oxidation sites excluding steroid dienone is 1. The van der Waals surface area contributed by atoms with Gasteiger partial charge in [0, 0.05) is 38.5 Å². The zero-order valence-electron chi connectivity index (χ0n) is 26.9. The Morgan fingerprint density at radius 3 is 1.88 bits per heavy atom. The van der Waals surface area contributed by atoms with Crippen LogP contribution in [0.4, 0.5) is 0 Å². The normalized spacial score (nSPS) is 11.3. The summed E-state index contributed by atoms with van der Waals surface area (Å²) in [6.45, 7) is 6.18. The second kappa shape index (κ2) is 12.0. The smallest absolute Gasteiger partial charge is 0.0998 e. The second-order valence-electron chi connectivity index (χ2n) is 12.0. The molecule has 0 bridgehead atoms. The van der Waals surface area contributed by atoms with Gasteiger partial charge in [-0.2, -0.15) is 10.5 Å². The van der Waals surface area contributed by atoms with E-state index in [2.05, 4.69) is 119 Å². The van der Waals surface area contributed by atoms with E-state index in [1.807, 2.05) is 67.6 Å². The molecule has 0 saturated heterocycles. The summed E-state index contributed by atoms with van der Waals surface area (Å²) in [6, 6.07) is 50.0. The molecule has 4 heteroatoms. The van der Waals surface area contributed by atoms with Crippen LogP contribution in [0.2, 0.25) is 0 Å². The molecule has 0 aliphatic heterocycles. The molecule has 2 heterocycles. The molecule has 0 aliphatic rings. The van der Waals surface area contributed by atoms with E-state index in [-0.39, 0.29) is 0 Å². The van der Waals surface area contributed by atoms with Gasteiger partial charge in [0.15, 0.2) is 0 Å². The molecule has 6 aromatic carbocycles. The van der Waals surface area contributed by atoms with Gasteiger partial charge < -0.3 is 9.13 Å². The van der Waals surface area contributed by atoms with Crippen molar-refractivity contribution in [3.63, 3.8) is 0 Å². The van der Waals surface area contributed by atoms with Crippen LogP contribution in [0.3, 0.4) is 0 Å². The minimum absolute atomic E-state index is 0.557. The Morgan fingerprint density at radius 2 is 1.22 bits per heavy atom. The third-order valence-electron chi connectivity index (χ3n) is 9.29. The Balaban J connectivity index is 1.29. The molecule has 49 heavy (non-hydrogen) atoms. The van der Waals surface area contributed by atoms with E-state index in [0.29, 0.717) is 11.1 Å². The summed E-state index contributed by atoms with van der Waals surface area (Å²) in [5, 5.41) is 23.9. The maximum absolute atomic E-state index is 10.6. The Kier molecular flexibility index (Phi) is 7.26. The van der Waals surface area contributed by atoms with Crippen LogP contribution < -0.4 is 0 Å². The second-order valence-corrected chi connectivity index (χ2v) is 12.0. The summed E-state index contributed by atoms with van der Waals surface area (Å²) in [5.74, 6) is 0. The lowest BCUT2D eigenvalue weighted by Crippen LogP contribution is -2.00. The Bertz CT molecular complexity index is 2670. The molecule has 2 aromatic heterocycles. The van der Waals surface area contributed by atoms with Crippen LogP contribution in [0.25, 0.3) is 78.5 Å². The molecule has 0 saturated carbocycles. The first kappa shape index (κ1) is 29.5. The minimum Gasteiger partial charge on any atom is -0.309 e. The first-order chi connectivity index (χ1) is 24.1. The number of nitrogens with zero attached hydrogens (tertiary/aromatic N) is 4. The quantitative estimate of drug-likeness (QED) is 0.184. The number of hydrogen-bond donors (Lipinski definition) is 0. The molecule has 0 aliphatic carbocycles. The average Bonchev–Trinajstić information content (AvgIpc) is 3.67. The zero-order chi connectivity index (χ0) is 33.5. The number of para-hydroxylation sites is 3. The Morgan fingerprint density at radius 1 is 0.592 bits per heavy atom. The molecule has 0 fully saturated rings. The van der Waals surface area contributed by atoms with Crippen LogP contribution in [-0.2, 0) is 0 Å². The predicted octanol–water partition coefficient (Wildman–Crippen LogP) is 11.5. The molecular weight excluding hydrogens is 597 g/mol. The number of aromatic nitrogens is 2. The van der Waals surface area contributed by atoms with Crippen molar-refractivity contribution >= 4 is 44.9 Å². The molecule has 4 nitrogen and oxygen atoms in total. The summed E-state index contributed by atoms with van der Waals surface area (Å²) in [6.07, 6.45) is 6.10. The maximum Gasteiger partial charge on any atom is 0.0998 e. The SMILES string of the molecule is C=Cc1c(/C=C\C)c2ccccc2n1-c1cccc(-c2ccc(-c3ccc(C#N)cc3-n3c4ccccc4c4ccccc43)c(C#N)c2)c1. The number of benzene rings is 6. The first-order valence-electron chi connectivity index (χ1n) is 16.2. The summed E-state index contributed by atoms with van der Waals surface area (Å²) >= 11 is 0. The molecule has 0 N–H and O–H groups in total. The van der Waals surface area contributed by atoms with Crippen LogP contribution >= 0.6 is 0 Å². The van der Waals surface area contributed by atoms with Gasteiger partial charge in [-0.25, -0.2) is 0 Å². The van der Waals surface area contributed by atoms with Crippen molar-refractivity contribution in [2.24, 2.45) is 0 Å². The van der Waals surface area contributed by atoms with Crippen LogP contribution in [0.15, 0.2) is 146 Å². The van der Waals surface area contributed by atoms with Gasteiger partial charge in [-0.1, -0.05) is 104 Å². The lowest BCUT2D eigenvalue weighted by Gasteiger charge is -2.16. The van der Waals surface area contributed by atoms with E-state index in [0.717, 1.165) is 72.2 Å². The van der Waals surface area contributed by atoms with Gasteiger partial charge in [0.1, 0.15) is 0 Å². The largest absolute Gasteiger partial charge is 0.309 e. The fourth-order valence-corrected chi connectivity index (χ4v) is 7.18. The van der Waals surface area contributed by atoms with E-state index in [4.69, 9.17) is 0 Å². The van der Waals surface area contributed by atoms with Crippen molar-refractivity contribution < 1.29 is 0 Å². The fourth-order valence-electron chi connectivity index (χ4n) is 7.18. The highest BCUT2D eigenvalue weighted by molar-refractivity contribution is 6.10. The van der Waals surface area contributed by atoms with Gasteiger partial charge in [-0.15, -0.1) is 0 Å². The van der Waals surface area contributed by atoms with Crippen molar-refractivity contribution in [1.82, 2.24) is 9.13 Å². The lowest BCUT2D eigenvalue weighted by molar-refractivity contribution is 1.11. The Labute approximate surface area is 285 Å². The van der Waals surface area contributed by atoms with E-state index in [9.17, 15) is 10.5 Å². The summed E-state index contributed by atoms with van der Waals surface area (Å²) in [7, 11) is 0. The average molecular weight is 627 g/mol. The van der Waals surface area contributed by atoms with Crippen molar-refractivity contribution in [2.45, 2.75) is 6.92 Å². The molecule has 0 amide bonds. The number of hydrogen-bond acceptors (Lipinski definition) is 2. The third kappa shape index (κ3) is 4.75. The van der Waals surface area contributed by atoms with E-state index in [1.165, 1.54) is 5.39 Å². The van der Waals surface area contributed by atoms with Gasteiger partial charge >= 0.3 is 0 Å². The molecule has 8 aromatic rings. The topological polar surface area (TPSA) is 57.4 Å². The fraction of sp³-hybridized carbons (Fsp3) is 0.0222. The highest BCUT2D eigenvalue weighted by atomic mass is 15.0. The minimum atomic E-state index is 0.557. The van der Waals surface area contributed by atoms with Crippen LogP contribution in [-0.4, -0.2) is 9.13 Å². The summed E-state index contributed by atoms with van der Waals surface area (Å²) in [4.78, 5) is 0. The summed E-state index contributed by atoms with van der Waals surface area (Å²) < 4.78 is 4.45. The number of nitriles is 2. The zero-order valence-corrected chi connectivity index (χ0v) is 26.9.